The molecule has 0 bridgehead atoms. The molecule has 0 fully saturated rings. The summed E-state index contributed by atoms with van der Waals surface area (Å²) in [6, 6.07) is 32.1. The summed E-state index contributed by atoms with van der Waals surface area (Å²) in [7, 11) is 0. The molecule has 0 spiro atoms. The van der Waals surface area contributed by atoms with Crippen molar-refractivity contribution in [2.24, 2.45) is 0 Å². The van der Waals surface area contributed by atoms with Gasteiger partial charge in [0.25, 0.3) is 0 Å². The van der Waals surface area contributed by atoms with E-state index >= 15 is 0 Å². The third kappa shape index (κ3) is 5.55. The van der Waals surface area contributed by atoms with E-state index in [2.05, 4.69) is 95.9 Å². The van der Waals surface area contributed by atoms with Crippen molar-refractivity contribution in [2.45, 2.75) is 19.6 Å². The van der Waals surface area contributed by atoms with Gasteiger partial charge in [-0.15, -0.1) is 12.4 Å². The largest absolute Gasteiger partial charge is 0.291 e. The average molecular weight is 324 g/mol. The third-order valence-electron chi connectivity index (χ3n) is 3.75. The van der Waals surface area contributed by atoms with E-state index in [1.165, 1.54) is 16.7 Å². The van der Waals surface area contributed by atoms with E-state index in [0.717, 1.165) is 19.6 Å². The Morgan fingerprint density at radius 3 is 0.957 bits per heavy atom. The van der Waals surface area contributed by atoms with Gasteiger partial charge in [0.1, 0.15) is 0 Å². The van der Waals surface area contributed by atoms with Crippen LogP contribution in [0.3, 0.4) is 0 Å². The normalized spacial score (nSPS) is 10.3. The van der Waals surface area contributed by atoms with Crippen molar-refractivity contribution in [1.29, 1.82) is 0 Å². The summed E-state index contributed by atoms with van der Waals surface area (Å²) in [5, 5.41) is 0. The van der Waals surface area contributed by atoms with Crippen molar-refractivity contribution in [3.63, 3.8) is 0 Å². The highest BCUT2D eigenvalue weighted by Gasteiger charge is 2.08. The Bertz CT molecular complexity index is 569. The first-order chi connectivity index (χ1) is 10.9. The molecule has 118 valence electrons. The summed E-state index contributed by atoms with van der Waals surface area (Å²) in [5.74, 6) is 0. The fourth-order valence-corrected chi connectivity index (χ4v) is 2.69. The molecule has 3 aromatic rings. The zero-order chi connectivity index (χ0) is 15.0. The van der Waals surface area contributed by atoms with Gasteiger partial charge in [0.2, 0.25) is 0 Å². The van der Waals surface area contributed by atoms with Crippen LogP contribution in [0.5, 0.6) is 0 Å². The lowest BCUT2D eigenvalue weighted by atomic mass is 10.1. The van der Waals surface area contributed by atoms with Crippen LogP contribution in [0.2, 0.25) is 0 Å². The smallest absolute Gasteiger partial charge is 0.0240 e. The van der Waals surface area contributed by atoms with Gasteiger partial charge in [-0.1, -0.05) is 91.0 Å². The van der Waals surface area contributed by atoms with Crippen LogP contribution in [0.4, 0.5) is 0 Å². The Morgan fingerprint density at radius 2 is 0.696 bits per heavy atom. The lowest BCUT2D eigenvalue weighted by Gasteiger charge is -2.23. The van der Waals surface area contributed by atoms with Crippen LogP contribution in [-0.4, -0.2) is 4.90 Å². The second-order valence-electron chi connectivity index (χ2n) is 5.60. The fourth-order valence-electron chi connectivity index (χ4n) is 2.69. The van der Waals surface area contributed by atoms with E-state index in [4.69, 9.17) is 0 Å². The van der Waals surface area contributed by atoms with Gasteiger partial charge in [0, 0.05) is 19.6 Å². The van der Waals surface area contributed by atoms with E-state index in [0.29, 0.717) is 0 Å². The molecule has 0 aromatic heterocycles. The molecule has 0 aliphatic carbocycles. The maximum atomic E-state index is 2.49. The van der Waals surface area contributed by atoms with Crippen LogP contribution in [0.15, 0.2) is 91.0 Å². The minimum absolute atomic E-state index is 0. The highest BCUT2D eigenvalue weighted by molar-refractivity contribution is 5.85. The van der Waals surface area contributed by atoms with Crippen molar-refractivity contribution >= 4 is 12.4 Å². The number of benzene rings is 3. The topological polar surface area (TPSA) is 3.24 Å². The quantitative estimate of drug-likeness (QED) is 0.594. The van der Waals surface area contributed by atoms with Gasteiger partial charge in [0.15, 0.2) is 0 Å². The Labute approximate surface area is 145 Å². The standard InChI is InChI=1S/C21H21N.ClH/c1-4-10-19(11-5-1)16-22(17-20-12-6-2-7-13-20)18-21-14-8-3-9-15-21;/h1-15H,16-18H2;1H. The summed E-state index contributed by atoms with van der Waals surface area (Å²) in [4.78, 5) is 2.49. The Kier molecular flexibility index (Phi) is 6.86. The van der Waals surface area contributed by atoms with Crippen molar-refractivity contribution < 1.29 is 0 Å². The first-order valence-electron chi connectivity index (χ1n) is 7.74. The van der Waals surface area contributed by atoms with Crippen LogP contribution < -0.4 is 0 Å². The van der Waals surface area contributed by atoms with Crippen molar-refractivity contribution in [3.8, 4) is 0 Å². The zero-order valence-corrected chi connectivity index (χ0v) is 14.0. The van der Waals surface area contributed by atoms with Gasteiger partial charge < -0.3 is 0 Å². The Balaban J connectivity index is 0.00000192. The van der Waals surface area contributed by atoms with Gasteiger partial charge >= 0.3 is 0 Å². The lowest BCUT2D eigenvalue weighted by molar-refractivity contribution is 0.247. The summed E-state index contributed by atoms with van der Waals surface area (Å²) in [6.45, 7) is 2.89. The number of nitrogens with zero attached hydrogens (tertiary/aromatic N) is 1. The molecule has 3 aromatic carbocycles. The summed E-state index contributed by atoms with van der Waals surface area (Å²) in [6.07, 6.45) is 0. The Hall–Kier alpha value is -2.09. The second kappa shape index (κ2) is 9.14. The molecule has 1 nitrogen and oxygen atoms in total. The van der Waals surface area contributed by atoms with Crippen molar-refractivity contribution in [1.82, 2.24) is 4.90 Å². The minimum Gasteiger partial charge on any atom is -0.291 e. The minimum atomic E-state index is 0. The fraction of sp³-hybridized carbons (Fsp3) is 0.143. The molecule has 0 unspecified atom stereocenters. The SMILES string of the molecule is Cl.c1ccc(CN(Cc2ccccc2)Cc2ccccc2)cc1. The molecular weight excluding hydrogens is 302 g/mol. The third-order valence-corrected chi connectivity index (χ3v) is 3.75. The van der Waals surface area contributed by atoms with Crippen molar-refractivity contribution in [3.05, 3.63) is 108 Å². The van der Waals surface area contributed by atoms with E-state index in [9.17, 15) is 0 Å². The monoisotopic (exact) mass is 323 g/mol. The molecule has 0 saturated carbocycles. The predicted octanol–water partition coefficient (Wildman–Crippen LogP) is 5.31. The van der Waals surface area contributed by atoms with E-state index < -0.39 is 0 Å². The van der Waals surface area contributed by atoms with Crippen molar-refractivity contribution in [2.75, 3.05) is 0 Å². The molecule has 0 aliphatic heterocycles. The number of halogens is 1. The van der Waals surface area contributed by atoms with Crippen LogP contribution >= 0.6 is 12.4 Å². The van der Waals surface area contributed by atoms with Crippen LogP contribution in [0, 0.1) is 0 Å². The van der Waals surface area contributed by atoms with E-state index in [1.54, 1.807) is 0 Å². The summed E-state index contributed by atoms with van der Waals surface area (Å²) >= 11 is 0. The maximum absolute atomic E-state index is 2.49. The highest BCUT2D eigenvalue weighted by atomic mass is 35.5. The van der Waals surface area contributed by atoms with E-state index in [-0.39, 0.29) is 12.4 Å². The first kappa shape index (κ1) is 17.3. The molecule has 0 N–H and O–H groups in total. The first-order valence-corrected chi connectivity index (χ1v) is 7.74. The number of hydrogen-bond donors (Lipinski definition) is 0. The maximum Gasteiger partial charge on any atom is 0.0240 e. The molecule has 2 heteroatoms. The molecule has 3 rings (SSSR count). The lowest BCUT2D eigenvalue weighted by Crippen LogP contribution is -2.22. The molecule has 0 radical (unpaired) electrons. The van der Waals surface area contributed by atoms with Crippen LogP contribution in [0.1, 0.15) is 16.7 Å². The molecular formula is C21H22ClN. The van der Waals surface area contributed by atoms with Crippen LogP contribution in [0.25, 0.3) is 0 Å². The zero-order valence-electron chi connectivity index (χ0n) is 13.1. The summed E-state index contributed by atoms with van der Waals surface area (Å²) in [5.41, 5.74) is 4.07. The molecule has 0 aliphatic rings. The molecule has 0 saturated heterocycles. The highest BCUT2D eigenvalue weighted by Crippen LogP contribution is 2.14. The second-order valence-corrected chi connectivity index (χ2v) is 5.60. The van der Waals surface area contributed by atoms with Gasteiger partial charge in [-0.2, -0.15) is 0 Å². The molecule has 0 atom stereocenters. The van der Waals surface area contributed by atoms with E-state index in [1.807, 2.05) is 0 Å². The van der Waals surface area contributed by atoms with Gasteiger partial charge in [0.05, 0.1) is 0 Å². The molecule has 0 heterocycles. The number of rotatable bonds is 6. The van der Waals surface area contributed by atoms with Gasteiger partial charge in [-0.05, 0) is 16.7 Å². The van der Waals surface area contributed by atoms with Crippen LogP contribution in [-0.2, 0) is 19.6 Å². The molecule has 23 heavy (non-hydrogen) atoms. The van der Waals surface area contributed by atoms with Gasteiger partial charge in [-0.25, -0.2) is 0 Å². The predicted molar refractivity (Wildman–Crippen MR) is 99.5 cm³/mol. The summed E-state index contributed by atoms with van der Waals surface area (Å²) < 4.78 is 0. The average Bonchev–Trinajstić information content (AvgIpc) is 2.57. The molecule has 0 amide bonds. The Morgan fingerprint density at radius 1 is 0.435 bits per heavy atom. The van der Waals surface area contributed by atoms with Gasteiger partial charge in [-0.3, -0.25) is 4.90 Å². The number of hydrogen-bond acceptors (Lipinski definition) is 1.